The van der Waals surface area contributed by atoms with Crippen LogP contribution in [0.2, 0.25) is 0 Å². The number of carbonyl (C=O) groups is 1. The van der Waals surface area contributed by atoms with Gasteiger partial charge in [0.2, 0.25) is 0 Å². The highest BCUT2D eigenvalue weighted by Gasteiger charge is 2.22. The van der Waals surface area contributed by atoms with Crippen LogP contribution in [-0.4, -0.2) is 32.1 Å². The number of nitrogens with zero attached hydrogens (tertiary/aromatic N) is 1. The smallest absolute Gasteiger partial charge is 0.251 e. The molecule has 0 radical (unpaired) electrons. The van der Waals surface area contributed by atoms with Gasteiger partial charge in [0.05, 0.1) is 7.11 Å². The summed E-state index contributed by atoms with van der Waals surface area (Å²) in [7, 11) is 1.62. The highest BCUT2D eigenvalue weighted by molar-refractivity contribution is 5.94. The van der Waals surface area contributed by atoms with Crippen molar-refractivity contribution in [3.63, 3.8) is 0 Å². The number of hydrogen-bond donors (Lipinski definition) is 1. The Hall–Kier alpha value is -2.49. The van der Waals surface area contributed by atoms with E-state index in [0.717, 1.165) is 31.7 Å². The highest BCUT2D eigenvalue weighted by atomic mass is 16.5. The van der Waals surface area contributed by atoms with Gasteiger partial charge in [0.15, 0.2) is 0 Å². The molecule has 0 aromatic heterocycles. The number of benzene rings is 2. The Balaban J connectivity index is 1.61. The fraction of sp³-hybridized carbons (Fsp3) is 0.316. The van der Waals surface area contributed by atoms with E-state index in [-0.39, 0.29) is 11.9 Å². The molecular weight excluding hydrogens is 288 g/mol. The zero-order valence-electron chi connectivity index (χ0n) is 13.4. The van der Waals surface area contributed by atoms with Crippen LogP contribution in [0.15, 0.2) is 54.6 Å². The number of amides is 1. The fourth-order valence-electron chi connectivity index (χ4n) is 2.98. The number of rotatable bonds is 4. The molecular formula is C19H22N2O2. The average molecular weight is 310 g/mol. The Labute approximate surface area is 137 Å². The topological polar surface area (TPSA) is 41.6 Å². The van der Waals surface area contributed by atoms with Gasteiger partial charge >= 0.3 is 0 Å². The molecule has 1 N–H and O–H groups in total. The lowest BCUT2D eigenvalue weighted by atomic mass is 10.0. The molecule has 1 heterocycles. The molecule has 1 aliphatic heterocycles. The van der Waals surface area contributed by atoms with Crippen molar-refractivity contribution in [1.29, 1.82) is 0 Å². The number of carbonyl (C=O) groups excluding carboxylic acids is 1. The Morgan fingerprint density at radius 2 is 1.87 bits per heavy atom. The van der Waals surface area contributed by atoms with E-state index in [0.29, 0.717) is 5.56 Å². The van der Waals surface area contributed by atoms with Gasteiger partial charge in [-0.1, -0.05) is 18.2 Å². The maximum absolute atomic E-state index is 12.4. The van der Waals surface area contributed by atoms with Crippen LogP contribution >= 0.6 is 0 Å². The molecule has 1 atom stereocenters. The quantitative estimate of drug-likeness (QED) is 0.943. The van der Waals surface area contributed by atoms with Gasteiger partial charge in [-0.2, -0.15) is 0 Å². The lowest BCUT2D eigenvalue weighted by molar-refractivity contribution is 0.0933. The van der Waals surface area contributed by atoms with Crippen molar-refractivity contribution in [1.82, 2.24) is 5.32 Å². The summed E-state index contributed by atoms with van der Waals surface area (Å²) in [6, 6.07) is 17.8. The number of ether oxygens (including phenoxy) is 1. The van der Waals surface area contributed by atoms with Crippen molar-refractivity contribution in [2.75, 3.05) is 25.1 Å². The zero-order valence-corrected chi connectivity index (χ0v) is 13.4. The largest absolute Gasteiger partial charge is 0.497 e. The van der Waals surface area contributed by atoms with Gasteiger partial charge in [-0.3, -0.25) is 4.79 Å². The van der Waals surface area contributed by atoms with Crippen molar-refractivity contribution >= 4 is 11.6 Å². The molecule has 1 aliphatic rings. The first-order chi connectivity index (χ1) is 11.3. The van der Waals surface area contributed by atoms with Crippen LogP contribution in [0.3, 0.4) is 0 Å². The highest BCUT2D eigenvalue weighted by Crippen LogP contribution is 2.20. The molecule has 3 rings (SSSR count). The maximum Gasteiger partial charge on any atom is 0.251 e. The lowest BCUT2D eigenvalue weighted by Crippen LogP contribution is -2.47. The third-order valence-electron chi connectivity index (χ3n) is 4.23. The molecule has 1 saturated heterocycles. The summed E-state index contributed by atoms with van der Waals surface area (Å²) in [6.45, 7) is 1.89. The third kappa shape index (κ3) is 3.83. The molecule has 23 heavy (non-hydrogen) atoms. The van der Waals surface area contributed by atoms with Gasteiger partial charge < -0.3 is 15.0 Å². The molecule has 0 aliphatic carbocycles. The minimum atomic E-state index is -0.0208. The van der Waals surface area contributed by atoms with E-state index in [1.54, 1.807) is 19.2 Å². The van der Waals surface area contributed by atoms with Gasteiger partial charge in [0.25, 0.3) is 5.91 Å². The van der Waals surface area contributed by atoms with Crippen LogP contribution in [-0.2, 0) is 0 Å². The van der Waals surface area contributed by atoms with Crippen LogP contribution in [0.4, 0.5) is 5.69 Å². The van der Waals surface area contributed by atoms with Gasteiger partial charge in [-0.15, -0.1) is 0 Å². The van der Waals surface area contributed by atoms with E-state index in [4.69, 9.17) is 4.74 Å². The summed E-state index contributed by atoms with van der Waals surface area (Å²) >= 11 is 0. The second kappa shape index (κ2) is 7.18. The predicted octanol–water partition coefficient (Wildman–Crippen LogP) is 3.09. The molecule has 0 saturated carbocycles. The van der Waals surface area contributed by atoms with Gasteiger partial charge in [-0.25, -0.2) is 0 Å². The summed E-state index contributed by atoms with van der Waals surface area (Å²) in [5, 5.41) is 3.15. The normalized spacial score (nSPS) is 17.6. The Morgan fingerprint density at radius 1 is 1.13 bits per heavy atom. The van der Waals surface area contributed by atoms with Crippen LogP contribution in [0.25, 0.3) is 0 Å². The van der Waals surface area contributed by atoms with Gasteiger partial charge in [-0.05, 0) is 49.2 Å². The van der Waals surface area contributed by atoms with Crippen molar-refractivity contribution in [3.8, 4) is 5.75 Å². The van der Waals surface area contributed by atoms with E-state index in [1.807, 2.05) is 18.2 Å². The van der Waals surface area contributed by atoms with Crippen molar-refractivity contribution in [3.05, 3.63) is 60.2 Å². The molecule has 1 amide bonds. The first kappa shape index (κ1) is 15.4. The molecule has 0 unspecified atom stereocenters. The minimum Gasteiger partial charge on any atom is -0.497 e. The molecule has 2 aromatic carbocycles. The third-order valence-corrected chi connectivity index (χ3v) is 4.23. The monoisotopic (exact) mass is 310 g/mol. The summed E-state index contributed by atoms with van der Waals surface area (Å²) < 4.78 is 5.12. The van der Waals surface area contributed by atoms with Crippen LogP contribution < -0.4 is 15.0 Å². The molecule has 4 nitrogen and oxygen atoms in total. The summed E-state index contributed by atoms with van der Waals surface area (Å²) in [5.74, 6) is 0.738. The first-order valence-corrected chi connectivity index (χ1v) is 8.01. The number of anilines is 1. The molecule has 0 bridgehead atoms. The predicted molar refractivity (Wildman–Crippen MR) is 92.1 cm³/mol. The maximum atomic E-state index is 12.4. The number of methoxy groups -OCH3 is 1. The first-order valence-electron chi connectivity index (χ1n) is 8.01. The van der Waals surface area contributed by atoms with E-state index >= 15 is 0 Å². The molecule has 0 spiro atoms. The van der Waals surface area contributed by atoms with Crippen molar-refractivity contribution < 1.29 is 9.53 Å². The fourth-order valence-corrected chi connectivity index (χ4v) is 2.98. The second-order valence-electron chi connectivity index (χ2n) is 5.82. The summed E-state index contributed by atoms with van der Waals surface area (Å²) in [5.41, 5.74) is 1.89. The van der Waals surface area contributed by atoms with Crippen LogP contribution in [0, 0.1) is 0 Å². The standard InChI is InChI=1S/C19H22N2O2/c1-23-18-11-9-15(10-12-18)19(22)20-16-6-5-13-21(14-16)17-7-3-2-4-8-17/h2-4,7-12,16H,5-6,13-14H2,1H3,(H,20,22)/t16-/m0/s1. The molecule has 2 aromatic rings. The van der Waals surface area contributed by atoms with Gasteiger partial charge in [0.1, 0.15) is 5.75 Å². The second-order valence-corrected chi connectivity index (χ2v) is 5.82. The number of piperidine rings is 1. The molecule has 120 valence electrons. The summed E-state index contributed by atoms with van der Waals surface area (Å²) in [4.78, 5) is 14.7. The number of nitrogens with one attached hydrogen (secondary N) is 1. The Kier molecular flexibility index (Phi) is 4.81. The van der Waals surface area contributed by atoms with E-state index in [1.165, 1.54) is 5.69 Å². The summed E-state index contributed by atoms with van der Waals surface area (Å²) in [6.07, 6.45) is 2.10. The Bertz CT molecular complexity index is 640. The lowest BCUT2D eigenvalue weighted by Gasteiger charge is -2.34. The molecule has 1 fully saturated rings. The minimum absolute atomic E-state index is 0.0208. The number of hydrogen-bond acceptors (Lipinski definition) is 3. The van der Waals surface area contributed by atoms with Gasteiger partial charge in [0, 0.05) is 30.4 Å². The van der Waals surface area contributed by atoms with Crippen LogP contribution in [0.5, 0.6) is 5.75 Å². The van der Waals surface area contributed by atoms with Crippen LogP contribution in [0.1, 0.15) is 23.2 Å². The number of para-hydroxylation sites is 1. The Morgan fingerprint density at radius 3 is 2.57 bits per heavy atom. The SMILES string of the molecule is COc1ccc(C(=O)N[C@H]2CCCN(c3ccccc3)C2)cc1. The molecule has 4 heteroatoms. The van der Waals surface area contributed by atoms with E-state index in [9.17, 15) is 4.79 Å². The average Bonchev–Trinajstić information content (AvgIpc) is 2.63. The van der Waals surface area contributed by atoms with E-state index < -0.39 is 0 Å². The van der Waals surface area contributed by atoms with Crippen molar-refractivity contribution in [2.45, 2.75) is 18.9 Å². The van der Waals surface area contributed by atoms with Crippen molar-refractivity contribution in [2.24, 2.45) is 0 Å². The zero-order chi connectivity index (χ0) is 16.1. The van der Waals surface area contributed by atoms with E-state index in [2.05, 4.69) is 34.5 Å².